The Morgan fingerprint density at radius 3 is 2.59 bits per heavy atom. The molecular weight excluding hydrogens is 737 g/mol. The molecule has 2 saturated carbocycles. The molecule has 1 unspecified atom stereocenters. The molecule has 3 fully saturated rings. The summed E-state index contributed by atoms with van der Waals surface area (Å²) >= 11 is 0. The SMILES string of the molecule is COc1ccnc(N[C@H]2CCCCC/C=C\[C@@H]3CC3(C(=O)NS(=O)(=O)C3(C)CC3)NC(=O)[C@@H]3C[C@]4(CCc5c(c(C)nc6ccc(OC)cc56)O4)CN3C2=O)c1. The van der Waals surface area contributed by atoms with E-state index in [0.29, 0.717) is 60.9 Å². The molecular formula is C41H50N6O8S. The predicted molar refractivity (Wildman–Crippen MR) is 209 cm³/mol. The van der Waals surface area contributed by atoms with E-state index < -0.39 is 55.7 Å². The lowest BCUT2D eigenvalue weighted by molar-refractivity contribution is -0.140. The van der Waals surface area contributed by atoms with Gasteiger partial charge in [-0.25, -0.2) is 18.4 Å². The molecule has 15 heteroatoms. The number of benzene rings is 1. The maximum Gasteiger partial charge on any atom is 0.259 e. The van der Waals surface area contributed by atoms with Gasteiger partial charge >= 0.3 is 0 Å². The van der Waals surface area contributed by atoms with Crippen molar-refractivity contribution in [3.8, 4) is 17.2 Å². The van der Waals surface area contributed by atoms with E-state index in [9.17, 15) is 22.8 Å². The van der Waals surface area contributed by atoms with Crippen LogP contribution in [0.3, 0.4) is 0 Å². The smallest absolute Gasteiger partial charge is 0.259 e. The predicted octanol–water partition coefficient (Wildman–Crippen LogP) is 4.49. The zero-order valence-electron chi connectivity index (χ0n) is 32.4. The van der Waals surface area contributed by atoms with Crippen molar-refractivity contribution in [1.29, 1.82) is 0 Å². The van der Waals surface area contributed by atoms with Crippen molar-refractivity contribution in [3.05, 3.63) is 59.9 Å². The standard InChI is InChI=1S/C41H50N6O8S/c1-25-35-29(30-20-27(53-3)12-13-31(30)43-25)14-16-40(55-35)23-33-36(48)45-41(38(50)46-56(51,52)39(2)17-18-39)22-26(41)10-8-6-5-7-9-11-32(37(49)47(33)24-40)44-34-21-28(54-4)15-19-42-34/h8,10,12-13,15,19-21,26,32-33H,5-7,9,11,14,16-18,22-24H2,1-4H3,(H,42,44)(H,45,48)(H,46,50)/b10-8-/t26-,32+,33+,40-,41?/m1/s1. The molecule has 3 amide bonds. The van der Waals surface area contributed by atoms with E-state index in [-0.39, 0.29) is 25.3 Å². The third-order valence-corrected chi connectivity index (χ3v) is 14.6. The number of aryl methyl sites for hydroxylation is 2. The van der Waals surface area contributed by atoms with E-state index in [2.05, 4.69) is 20.3 Å². The molecule has 2 aliphatic carbocycles. The highest BCUT2D eigenvalue weighted by molar-refractivity contribution is 7.91. The van der Waals surface area contributed by atoms with Gasteiger partial charge in [0.1, 0.15) is 46.3 Å². The number of nitrogens with zero attached hydrogens (tertiary/aromatic N) is 3. The van der Waals surface area contributed by atoms with Crippen LogP contribution in [-0.2, 0) is 30.8 Å². The highest BCUT2D eigenvalue weighted by atomic mass is 32.2. The van der Waals surface area contributed by atoms with Crippen molar-refractivity contribution in [3.63, 3.8) is 0 Å². The van der Waals surface area contributed by atoms with E-state index in [0.717, 1.165) is 42.1 Å². The van der Waals surface area contributed by atoms with Gasteiger partial charge in [-0.05, 0) is 89.5 Å². The van der Waals surface area contributed by atoms with Crippen molar-refractivity contribution < 1.29 is 37.0 Å². The second-order valence-electron chi connectivity index (χ2n) is 16.4. The molecule has 3 N–H and O–H groups in total. The molecule has 8 rings (SSSR count). The Balaban J connectivity index is 1.15. The van der Waals surface area contributed by atoms with Gasteiger partial charge in [-0.1, -0.05) is 25.0 Å². The van der Waals surface area contributed by atoms with E-state index in [4.69, 9.17) is 19.2 Å². The van der Waals surface area contributed by atoms with Crippen LogP contribution in [0.15, 0.2) is 48.7 Å². The van der Waals surface area contributed by atoms with E-state index in [1.807, 2.05) is 37.3 Å². The van der Waals surface area contributed by atoms with Crippen LogP contribution in [0, 0.1) is 12.8 Å². The minimum Gasteiger partial charge on any atom is -0.497 e. The molecule has 1 saturated heterocycles. The summed E-state index contributed by atoms with van der Waals surface area (Å²) in [5.74, 6) is 0.410. The molecule has 56 heavy (non-hydrogen) atoms. The number of methoxy groups -OCH3 is 2. The minimum absolute atomic E-state index is 0.123. The number of carbonyl (C=O) groups excluding carboxylic acids is 3. The van der Waals surface area contributed by atoms with Crippen molar-refractivity contribution in [2.24, 2.45) is 5.92 Å². The van der Waals surface area contributed by atoms with E-state index in [1.165, 1.54) is 0 Å². The molecule has 298 valence electrons. The van der Waals surface area contributed by atoms with Crippen LogP contribution in [0.2, 0.25) is 0 Å². The number of hydrogen-bond acceptors (Lipinski definition) is 11. The Morgan fingerprint density at radius 1 is 1.04 bits per heavy atom. The summed E-state index contributed by atoms with van der Waals surface area (Å²) in [5.41, 5.74) is 0.113. The number of sulfonamides is 1. The first-order chi connectivity index (χ1) is 26.8. The van der Waals surface area contributed by atoms with Gasteiger partial charge < -0.3 is 29.7 Å². The number of amides is 3. The fourth-order valence-electron chi connectivity index (χ4n) is 8.59. The summed E-state index contributed by atoms with van der Waals surface area (Å²) in [5, 5.41) is 7.26. The third-order valence-electron chi connectivity index (χ3n) is 12.5. The van der Waals surface area contributed by atoms with Crippen LogP contribution in [-0.4, -0.2) is 89.7 Å². The topological polar surface area (TPSA) is 178 Å². The molecule has 3 aliphatic heterocycles. The minimum atomic E-state index is -3.97. The quantitative estimate of drug-likeness (QED) is 0.288. The van der Waals surface area contributed by atoms with Gasteiger partial charge in [0, 0.05) is 35.6 Å². The highest BCUT2D eigenvalue weighted by Crippen LogP contribution is 2.49. The summed E-state index contributed by atoms with van der Waals surface area (Å²) in [6.45, 7) is 3.64. The number of rotatable bonds is 7. The average Bonchev–Trinajstić information content (AvgIpc) is 4.08. The van der Waals surface area contributed by atoms with Gasteiger partial charge in [0.05, 0.1) is 36.7 Å². The number of anilines is 1. The molecule has 0 bridgehead atoms. The zero-order valence-corrected chi connectivity index (χ0v) is 33.2. The molecule has 5 heterocycles. The molecule has 2 aromatic heterocycles. The third kappa shape index (κ3) is 6.92. The number of fused-ring (bicyclic) bond motifs is 5. The van der Waals surface area contributed by atoms with Gasteiger partial charge in [-0.2, -0.15) is 0 Å². The van der Waals surface area contributed by atoms with E-state index in [1.54, 1.807) is 44.4 Å². The monoisotopic (exact) mass is 786 g/mol. The largest absolute Gasteiger partial charge is 0.497 e. The number of carbonyl (C=O) groups is 3. The molecule has 1 spiro atoms. The molecule has 5 aliphatic rings. The molecule has 14 nitrogen and oxygen atoms in total. The lowest BCUT2D eigenvalue weighted by atomic mass is 9.87. The molecule has 1 aromatic carbocycles. The first kappa shape index (κ1) is 38.0. The zero-order chi connectivity index (χ0) is 39.5. The second-order valence-corrected chi connectivity index (χ2v) is 18.6. The number of aromatic nitrogens is 2. The van der Waals surface area contributed by atoms with Crippen molar-refractivity contribution in [2.45, 2.75) is 112 Å². The van der Waals surface area contributed by atoms with Crippen LogP contribution in [0.4, 0.5) is 5.82 Å². The number of hydrogen-bond donors (Lipinski definition) is 3. The van der Waals surface area contributed by atoms with E-state index >= 15 is 0 Å². The Kier molecular flexibility index (Phi) is 9.65. The molecule has 0 radical (unpaired) electrons. The van der Waals surface area contributed by atoms with Crippen LogP contribution in [0.5, 0.6) is 17.2 Å². The van der Waals surface area contributed by atoms with Gasteiger partial charge in [0.25, 0.3) is 5.91 Å². The fraction of sp³-hybridized carbons (Fsp3) is 0.537. The maximum absolute atomic E-state index is 14.9. The van der Waals surface area contributed by atoms with Crippen molar-refractivity contribution in [2.75, 3.05) is 26.1 Å². The lowest BCUT2D eigenvalue weighted by Gasteiger charge is -2.36. The van der Waals surface area contributed by atoms with Crippen molar-refractivity contribution >= 4 is 44.5 Å². The second kappa shape index (κ2) is 14.2. The van der Waals surface area contributed by atoms with Crippen LogP contribution in [0.1, 0.15) is 82.4 Å². The summed E-state index contributed by atoms with van der Waals surface area (Å²) in [7, 11) is -0.787. The van der Waals surface area contributed by atoms with Crippen LogP contribution in [0.25, 0.3) is 10.9 Å². The number of nitrogens with one attached hydrogen (secondary N) is 3. The van der Waals surface area contributed by atoms with Gasteiger partial charge in [0.2, 0.25) is 21.8 Å². The fourth-order valence-corrected chi connectivity index (χ4v) is 9.91. The van der Waals surface area contributed by atoms with Gasteiger partial charge in [0.15, 0.2) is 0 Å². The Morgan fingerprint density at radius 2 is 1.82 bits per heavy atom. The number of allylic oxidation sites excluding steroid dienone is 1. The normalized spacial score (nSPS) is 29.0. The Labute approximate surface area is 327 Å². The first-order valence-electron chi connectivity index (χ1n) is 19.6. The van der Waals surface area contributed by atoms with Crippen LogP contribution < -0.4 is 29.6 Å². The summed E-state index contributed by atoms with van der Waals surface area (Å²) in [6.07, 6.45) is 11.7. The summed E-state index contributed by atoms with van der Waals surface area (Å²) < 4.78 is 45.7. The Hall–Kier alpha value is -4.92. The van der Waals surface area contributed by atoms with Crippen molar-refractivity contribution in [1.82, 2.24) is 24.9 Å². The van der Waals surface area contributed by atoms with Crippen LogP contribution >= 0.6 is 0 Å². The average molecular weight is 787 g/mol. The van der Waals surface area contributed by atoms with Gasteiger partial charge in [-0.3, -0.25) is 19.1 Å². The number of pyridine rings is 2. The molecule has 5 atom stereocenters. The summed E-state index contributed by atoms with van der Waals surface area (Å²) in [6, 6.07) is 7.46. The highest BCUT2D eigenvalue weighted by Gasteiger charge is 2.64. The molecule has 3 aromatic rings. The Bertz CT molecular complexity index is 2230. The lowest BCUT2D eigenvalue weighted by Crippen LogP contribution is -2.58. The maximum atomic E-state index is 14.9. The summed E-state index contributed by atoms with van der Waals surface area (Å²) in [4.78, 5) is 54.6. The van der Waals surface area contributed by atoms with Gasteiger partial charge in [-0.15, -0.1) is 0 Å². The number of ether oxygens (including phenoxy) is 3. The first-order valence-corrected chi connectivity index (χ1v) is 21.1.